The van der Waals surface area contributed by atoms with E-state index in [-0.39, 0.29) is 5.50 Å². The predicted octanol–water partition coefficient (Wildman–Crippen LogP) is 2.52. The third-order valence-corrected chi connectivity index (χ3v) is 4.97. The standard InChI is InChI=1S/C11H14N2S2/c12-11-13-10-7-3-1-2-4-8(7)14-6-5-9(10)15-11/h3-4,11,13H,1-2,5-6,12H2. The van der Waals surface area contributed by atoms with Gasteiger partial charge in [0.05, 0.1) is 5.70 Å². The third kappa shape index (κ3) is 1.75. The Labute approximate surface area is 98.4 Å². The van der Waals surface area contributed by atoms with Crippen molar-refractivity contribution in [3.63, 3.8) is 0 Å². The van der Waals surface area contributed by atoms with Crippen molar-refractivity contribution >= 4 is 23.5 Å². The van der Waals surface area contributed by atoms with Gasteiger partial charge in [0.15, 0.2) is 0 Å². The Hall–Kier alpha value is -0.320. The van der Waals surface area contributed by atoms with Gasteiger partial charge in [-0.05, 0) is 19.3 Å². The van der Waals surface area contributed by atoms with Gasteiger partial charge >= 0.3 is 0 Å². The van der Waals surface area contributed by atoms with Gasteiger partial charge in [0.25, 0.3) is 0 Å². The van der Waals surface area contributed by atoms with Crippen LogP contribution >= 0.6 is 23.5 Å². The topological polar surface area (TPSA) is 38.0 Å². The average molecular weight is 238 g/mol. The van der Waals surface area contributed by atoms with E-state index < -0.39 is 0 Å². The van der Waals surface area contributed by atoms with Crippen LogP contribution < -0.4 is 11.1 Å². The van der Waals surface area contributed by atoms with Crippen molar-refractivity contribution in [2.24, 2.45) is 5.73 Å². The predicted molar refractivity (Wildman–Crippen MR) is 68.2 cm³/mol. The minimum Gasteiger partial charge on any atom is -0.360 e. The van der Waals surface area contributed by atoms with Gasteiger partial charge in [-0.3, -0.25) is 0 Å². The minimum absolute atomic E-state index is 0.0576. The lowest BCUT2D eigenvalue weighted by Gasteiger charge is -2.16. The van der Waals surface area contributed by atoms with Crippen LogP contribution in [0.5, 0.6) is 0 Å². The maximum absolute atomic E-state index is 5.92. The molecule has 2 nitrogen and oxygen atoms in total. The molecule has 0 bridgehead atoms. The van der Waals surface area contributed by atoms with Crippen LogP contribution in [0.2, 0.25) is 0 Å². The molecule has 15 heavy (non-hydrogen) atoms. The number of fused-ring (bicyclic) bond motifs is 2. The van der Waals surface area contributed by atoms with Crippen molar-refractivity contribution in [3.05, 3.63) is 33.2 Å². The first-order valence-electron chi connectivity index (χ1n) is 5.30. The maximum Gasteiger partial charge on any atom is 0.127 e. The van der Waals surface area contributed by atoms with E-state index in [4.69, 9.17) is 5.73 Å². The van der Waals surface area contributed by atoms with Gasteiger partial charge in [-0.25, -0.2) is 0 Å². The van der Waals surface area contributed by atoms with E-state index >= 15 is 0 Å². The van der Waals surface area contributed by atoms with Gasteiger partial charge in [0.1, 0.15) is 5.50 Å². The summed E-state index contributed by atoms with van der Waals surface area (Å²) in [5.41, 5.74) is 8.69. The summed E-state index contributed by atoms with van der Waals surface area (Å²) in [7, 11) is 0. The number of thioether (sulfide) groups is 2. The summed E-state index contributed by atoms with van der Waals surface area (Å²) >= 11 is 3.77. The summed E-state index contributed by atoms with van der Waals surface area (Å²) in [6.07, 6.45) is 8.23. The summed E-state index contributed by atoms with van der Waals surface area (Å²) in [6, 6.07) is 0. The molecule has 3 N–H and O–H groups in total. The lowest BCUT2D eigenvalue weighted by Crippen LogP contribution is -2.29. The number of allylic oxidation sites excluding steroid dienone is 4. The highest BCUT2D eigenvalue weighted by Crippen LogP contribution is 2.44. The Kier molecular flexibility index (Phi) is 2.58. The van der Waals surface area contributed by atoms with Crippen molar-refractivity contribution in [1.29, 1.82) is 0 Å². The molecule has 1 aliphatic carbocycles. The maximum atomic E-state index is 5.92. The van der Waals surface area contributed by atoms with Gasteiger partial charge in [0, 0.05) is 21.1 Å². The normalized spacial score (nSPS) is 29.8. The molecule has 80 valence electrons. The number of rotatable bonds is 0. The first kappa shape index (κ1) is 9.87. The van der Waals surface area contributed by atoms with Crippen molar-refractivity contribution in [2.45, 2.75) is 24.8 Å². The molecule has 0 aromatic rings. The smallest absolute Gasteiger partial charge is 0.127 e. The van der Waals surface area contributed by atoms with Gasteiger partial charge in [0.2, 0.25) is 0 Å². The summed E-state index contributed by atoms with van der Waals surface area (Å²) in [5.74, 6) is 1.18. The fraction of sp³-hybridized carbons (Fsp3) is 0.455. The summed E-state index contributed by atoms with van der Waals surface area (Å²) in [5, 5.41) is 3.39. The Morgan fingerprint density at radius 3 is 3.13 bits per heavy atom. The van der Waals surface area contributed by atoms with Gasteiger partial charge in [-0.15, -0.1) is 11.8 Å². The van der Waals surface area contributed by atoms with E-state index in [1.165, 1.54) is 33.3 Å². The molecule has 0 saturated carbocycles. The van der Waals surface area contributed by atoms with Crippen LogP contribution in [0.1, 0.15) is 19.3 Å². The third-order valence-electron chi connectivity index (χ3n) is 2.80. The Morgan fingerprint density at radius 2 is 2.20 bits per heavy atom. The lowest BCUT2D eigenvalue weighted by atomic mass is 10.0. The lowest BCUT2D eigenvalue weighted by molar-refractivity contribution is 0.794. The second-order valence-corrected chi connectivity index (χ2v) is 6.22. The number of hydrogen-bond donors (Lipinski definition) is 2. The van der Waals surface area contributed by atoms with E-state index in [0.717, 1.165) is 12.8 Å². The molecule has 0 fully saturated rings. The molecule has 0 spiro atoms. The molecule has 0 saturated heterocycles. The van der Waals surface area contributed by atoms with Crippen LogP contribution in [-0.2, 0) is 0 Å². The molecule has 1 atom stereocenters. The molecule has 1 unspecified atom stereocenters. The van der Waals surface area contributed by atoms with E-state index in [1.54, 1.807) is 11.8 Å². The first-order valence-corrected chi connectivity index (χ1v) is 7.17. The van der Waals surface area contributed by atoms with Crippen molar-refractivity contribution < 1.29 is 0 Å². The fourth-order valence-corrected chi connectivity index (χ4v) is 4.37. The van der Waals surface area contributed by atoms with E-state index in [0.29, 0.717) is 0 Å². The molecule has 2 heterocycles. The Bertz CT molecular complexity index is 382. The van der Waals surface area contributed by atoms with Crippen LogP contribution in [-0.4, -0.2) is 11.3 Å². The molecule has 3 aliphatic rings. The molecule has 0 radical (unpaired) electrons. The Morgan fingerprint density at radius 1 is 1.33 bits per heavy atom. The van der Waals surface area contributed by atoms with Crippen LogP contribution in [0.3, 0.4) is 0 Å². The second kappa shape index (κ2) is 3.92. The molecular weight excluding hydrogens is 224 g/mol. The molecule has 0 aromatic carbocycles. The summed E-state index contributed by atoms with van der Waals surface area (Å²) < 4.78 is 0. The first-order chi connectivity index (χ1) is 7.34. The zero-order chi connectivity index (χ0) is 10.3. The van der Waals surface area contributed by atoms with Gasteiger partial charge in [-0.1, -0.05) is 23.9 Å². The highest BCUT2D eigenvalue weighted by molar-refractivity contribution is 8.04. The summed E-state index contributed by atoms with van der Waals surface area (Å²) in [4.78, 5) is 2.90. The van der Waals surface area contributed by atoms with Crippen LogP contribution in [0.25, 0.3) is 0 Å². The van der Waals surface area contributed by atoms with E-state index in [2.05, 4.69) is 17.5 Å². The molecule has 0 amide bonds. The number of nitrogens with one attached hydrogen (secondary N) is 1. The molecule has 0 aromatic heterocycles. The fourth-order valence-electron chi connectivity index (χ4n) is 2.14. The molecular formula is C11H14N2S2. The Balaban J connectivity index is 2.01. The van der Waals surface area contributed by atoms with Crippen molar-refractivity contribution in [1.82, 2.24) is 5.32 Å². The zero-order valence-electron chi connectivity index (χ0n) is 8.45. The molecule has 4 heteroatoms. The van der Waals surface area contributed by atoms with E-state index in [9.17, 15) is 0 Å². The minimum atomic E-state index is 0.0576. The number of nitrogens with two attached hydrogens (primary N) is 1. The largest absolute Gasteiger partial charge is 0.360 e. The highest BCUT2D eigenvalue weighted by Gasteiger charge is 2.28. The van der Waals surface area contributed by atoms with Crippen molar-refractivity contribution in [3.8, 4) is 0 Å². The molecule has 3 rings (SSSR count). The quantitative estimate of drug-likeness (QED) is 0.680. The summed E-state index contributed by atoms with van der Waals surface area (Å²) in [6.45, 7) is 0. The SMILES string of the molecule is NC1NC2=C(CCSC3=CCCC=C32)S1. The second-order valence-electron chi connectivity index (χ2n) is 3.84. The van der Waals surface area contributed by atoms with E-state index in [1.807, 2.05) is 11.8 Å². The van der Waals surface area contributed by atoms with Gasteiger partial charge in [-0.2, -0.15) is 0 Å². The van der Waals surface area contributed by atoms with Gasteiger partial charge < -0.3 is 11.1 Å². The average Bonchev–Trinajstić information content (AvgIpc) is 2.52. The van der Waals surface area contributed by atoms with Crippen molar-refractivity contribution in [2.75, 3.05) is 5.75 Å². The van der Waals surface area contributed by atoms with Crippen LogP contribution in [0.15, 0.2) is 33.2 Å². The highest BCUT2D eigenvalue weighted by atomic mass is 32.2. The molecule has 2 aliphatic heterocycles. The zero-order valence-corrected chi connectivity index (χ0v) is 10.1. The monoisotopic (exact) mass is 238 g/mol. The van der Waals surface area contributed by atoms with Crippen LogP contribution in [0.4, 0.5) is 0 Å². The van der Waals surface area contributed by atoms with Crippen LogP contribution in [0, 0.1) is 0 Å². The number of hydrogen-bond acceptors (Lipinski definition) is 4.